The molecule has 0 unspecified atom stereocenters. The van der Waals surface area contributed by atoms with Crippen molar-refractivity contribution in [3.63, 3.8) is 0 Å². The van der Waals surface area contributed by atoms with Gasteiger partial charge in [-0.2, -0.15) is 0 Å². The number of benzene rings is 1. The van der Waals surface area contributed by atoms with E-state index in [0.29, 0.717) is 13.1 Å². The topological polar surface area (TPSA) is 62.7 Å². The summed E-state index contributed by atoms with van der Waals surface area (Å²) in [6.07, 6.45) is 0. The molecule has 7 heteroatoms. The van der Waals surface area contributed by atoms with Gasteiger partial charge in [0.1, 0.15) is 18.3 Å². The second-order valence-electron chi connectivity index (χ2n) is 6.48. The zero-order valence-corrected chi connectivity index (χ0v) is 16.3. The molecule has 1 fully saturated rings. The first kappa shape index (κ1) is 18.4. The maximum atomic E-state index is 12.8. The highest BCUT2D eigenvalue weighted by molar-refractivity contribution is 7.11. The number of ether oxygens (including phenoxy) is 1. The van der Waals surface area contributed by atoms with Crippen molar-refractivity contribution in [1.29, 1.82) is 0 Å². The molecule has 0 bridgehead atoms. The van der Waals surface area contributed by atoms with Crippen LogP contribution in [0.4, 0.5) is 0 Å². The highest BCUT2D eigenvalue weighted by atomic mass is 32.1. The molecule has 1 aliphatic heterocycles. The van der Waals surface area contributed by atoms with Gasteiger partial charge in [-0.3, -0.25) is 9.59 Å². The van der Waals surface area contributed by atoms with E-state index in [-0.39, 0.29) is 18.4 Å². The van der Waals surface area contributed by atoms with Gasteiger partial charge in [-0.15, -0.1) is 11.3 Å². The van der Waals surface area contributed by atoms with Crippen LogP contribution in [0.25, 0.3) is 0 Å². The normalized spacial score (nSPS) is 17.8. The number of hydrogen-bond donors (Lipinski definition) is 0. The molecule has 0 radical (unpaired) electrons. The van der Waals surface area contributed by atoms with Gasteiger partial charge in [0.25, 0.3) is 0 Å². The Bertz CT molecular complexity index is 816. The highest BCUT2D eigenvalue weighted by Gasteiger charge is 2.36. The summed E-state index contributed by atoms with van der Waals surface area (Å²) < 4.78 is 5.15. The lowest BCUT2D eigenvalue weighted by atomic mass is 10.1. The molecule has 138 valence electrons. The number of methoxy groups -OCH3 is 1. The number of aryl methyl sites for hydroxylation is 2. The minimum Gasteiger partial charge on any atom is -0.497 e. The molecular formula is C19H23N3O3S. The average molecular weight is 373 g/mol. The largest absolute Gasteiger partial charge is 0.497 e. The Hall–Kier alpha value is -2.41. The van der Waals surface area contributed by atoms with Crippen LogP contribution in [-0.2, 0) is 22.7 Å². The summed E-state index contributed by atoms with van der Waals surface area (Å²) in [4.78, 5) is 34.2. The van der Waals surface area contributed by atoms with E-state index < -0.39 is 6.04 Å². The van der Waals surface area contributed by atoms with Crippen molar-refractivity contribution in [2.24, 2.45) is 0 Å². The first-order valence-electron chi connectivity index (χ1n) is 8.53. The molecule has 0 saturated carbocycles. The highest BCUT2D eigenvalue weighted by Crippen LogP contribution is 2.24. The zero-order valence-electron chi connectivity index (χ0n) is 15.5. The van der Waals surface area contributed by atoms with E-state index in [9.17, 15) is 9.59 Å². The summed E-state index contributed by atoms with van der Waals surface area (Å²) >= 11 is 1.58. The number of carbonyl (C=O) groups excluding carboxylic acids is 2. The summed E-state index contributed by atoms with van der Waals surface area (Å²) in [6, 6.07) is 7.07. The number of nitrogens with zero attached hydrogens (tertiary/aromatic N) is 3. The van der Waals surface area contributed by atoms with Crippen molar-refractivity contribution in [1.82, 2.24) is 14.8 Å². The molecule has 2 aromatic rings. The van der Waals surface area contributed by atoms with Crippen molar-refractivity contribution in [2.45, 2.75) is 39.9 Å². The Labute approximate surface area is 157 Å². The number of thiazole rings is 1. The van der Waals surface area contributed by atoms with Crippen LogP contribution in [0.5, 0.6) is 5.75 Å². The molecule has 2 amide bonds. The maximum Gasteiger partial charge on any atom is 0.245 e. The molecule has 0 spiro atoms. The van der Waals surface area contributed by atoms with Gasteiger partial charge in [0.2, 0.25) is 11.8 Å². The van der Waals surface area contributed by atoms with Crippen molar-refractivity contribution >= 4 is 23.2 Å². The SMILES string of the molecule is COc1ccc(CN2CC(=O)N(Cc3sc(C)nc3C)[C@@H](C)C2=O)cc1. The first-order chi connectivity index (χ1) is 12.4. The second kappa shape index (κ2) is 7.45. The van der Waals surface area contributed by atoms with E-state index in [2.05, 4.69) is 4.98 Å². The lowest BCUT2D eigenvalue weighted by molar-refractivity contribution is -0.156. The number of piperazine rings is 1. The van der Waals surface area contributed by atoms with Gasteiger partial charge in [-0.25, -0.2) is 4.98 Å². The lowest BCUT2D eigenvalue weighted by Crippen LogP contribution is -2.57. The van der Waals surface area contributed by atoms with Crippen LogP contribution in [0.2, 0.25) is 0 Å². The number of aromatic nitrogens is 1. The summed E-state index contributed by atoms with van der Waals surface area (Å²) in [5.41, 5.74) is 1.90. The van der Waals surface area contributed by atoms with Gasteiger partial charge < -0.3 is 14.5 Å². The smallest absolute Gasteiger partial charge is 0.245 e. The lowest BCUT2D eigenvalue weighted by Gasteiger charge is -2.38. The van der Waals surface area contributed by atoms with Crippen molar-refractivity contribution in [3.8, 4) is 5.75 Å². The maximum absolute atomic E-state index is 12.8. The van der Waals surface area contributed by atoms with Crippen molar-refractivity contribution in [2.75, 3.05) is 13.7 Å². The number of hydrogen-bond acceptors (Lipinski definition) is 5. The van der Waals surface area contributed by atoms with E-state index in [4.69, 9.17) is 4.74 Å². The van der Waals surface area contributed by atoms with Gasteiger partial charge >= 0.3 is 0 Å². The van der Waals surface area contributed by atoms with E-state index >= 15 is 0 Å². The quantitative estimate of drug-likeness (QED) is 0.808. The van der Waals surface area contributed by atoms with E-state index in [1.165, 1.54) is 0 Å². The molecule has 0 aliphatic carbocycles. The summed E-state index contributed by atoms with van der Waals surface area (Å²) in [6.45, 7) is 6.65. The molecule has 3 rings (SSSR count). The molecular weight excluding hydrogens is 350 g/mol. The molecule has 1 aromatic heterocycles. The molecule has 1 aromatic carbocycles. The van der Waals surface area contributed by atoms with Crippen LogP contribution in [0.15, 0.2) is 24.3 Å². The summed E-state index contributed by atoms with van der Waals surface area (Å²) in [7, 11) is 1.62. The average Bonchev–Trinajstić information content (AvgIpc) is 2.94. The van der Waals surface area contributed by atoms with E-state index in [1.54, 1.807) is 35.2 Å². The minimum atomic E-state index is -0.476. The van der Waals surface area contributed by atoms with Crippen LogP contribution in [0, 0.1) is 13.8 Å². The van der Waals surface area contributed by atoms with Crippen LogP contribution >= 0.6 is 11.3 Å². The molecule has 1 saturated heterocycles. The van der Waals surface area contributed by atoms with Crippen molar-refractivity contribution < 1.29 is 14.3 Å². The van der Waals surface area contributed by atoms with Gasteiger partial charge in [-0.1, -0.05) is 12.1 Å². The monoisotopic (exact) mass is 373 g/mol. The summed E-state index contributed by atoms with van der Waals surface area (Å²) in [5, 5.41) is 0.974. The van der Waals surface area contributed by atoms with Gasteiger partial charge in [0, 0.05) is 11.4 Å². The van der Waals surface area contributed by atoms with E-state index in [1.807, 2.05) is 38.1 Å². The molecule has 1 atom stereocenters. The number of carbonyl (C=O) groups is 2. The Morgan fingerprint density at radius 1 is 1.19 bits per heavy atom. The Balaban J connectivity index is 1.71. The van der Waals surface area contributed by atoms with Crippen LogP contribution < -0.4 is 4.74 Å². The second-order valence-corrected chi connectivity index (χ2v) is 7.77. The van der Waals surface area contributed by atoms with Crippen LogP contribution in [0.3, 0.4) is 0 Å². The van der Waals surface area contributed by atoms with Crippen LogP contribution in [-0.4, -0.2) is 46.3 Å². The molecule has 1 aliphatic rings. The van der Waals surface area contributed by atoms with Crippen LogP contribution in [0.1, 0.15) is 28.1 Å². The summed E-state index contributed by atoms with van der Waals surface area (Å²) in [5.74, 6) is 0.708. The third kappa shape index (κ3) is 3.72. The first-order valence-corrected chi connectivity index (χ1v) is 9.34. The zero-order chi connectivity index (χ0) is 18.8. The minimum absolute atomic E-state index is 0.0284. The van der Waals surface area contributed by atoms with E-state index in [0.717, 1.165) is 26.9 Å². The van der Waals surface area contributed by atoms with Gasteiger partial charge in [0.15, 0.2) is 0 Å². The molecule has 6 nitrogen and oxygen atoms in total. The Morgan fingerprint density at radius 2 is 1.88 bits per heavy atom. The molecule has 2 heterocycles. The molecule has 26 heavy (non-hydrogen) atoms. The number of amides is 2. The van der Waals surface area contributed by atoms with Gasteiger partial charge in [0.05, 0.1) is 24.4 Å². The Morgan fingerprint density at radius 3 is 2.46 bits per heavy atom. The fraction of sp³-hybridized carbons (Fsp3) is 0.421. The predicted molar refractivity (Wildman–Crippen MR) is 100 cm³/mol. The third-order valence-corrected chi connectivity index (χ3v) is 5.69. The predicted octanol–water partition coefficient (Wildman–Crippen LogP) is 2.53. The fourth-order valence-electron chi connectivity index (χ4n) is 3.13. The number of rotatable bonds is 5. The van der Waals surface area contributed by atoms with Gasteiger partial charge in [-0.05, 0) is 38.5 Å². The fourth-order valence-corrected chi connectivity index (χ4v) is 4.07. The molecule has 0 N–H and O–H groups in total. The Kier molecular flexibility index (Phi) is 5.27. The third-order valence-electron chi connectivity index (χ3n) is 4.63. The standard InChI is InChI=1S/C19H23N3O3S/c1-12-17(26-14(3)20-12)10-22-13(2)19(24)21(11-18(22)23)9-15-5-7-16(25-4)8-6-15/h5-8,13H,9-11H2,1-4H3/t13-/m0/s1. The van der Waals surface area contributed by atoms with Crippen molar-refractivity contribution in [3.05, 3.63) is 45.4 Å².